The van der Waals surface area contributed by atoms with Crippen molar-refractivity contribution in [3.63, 3.8) is 0 Å². The summed E-state index contributed by atoms with van der Waals surface area (Å²) in [6.07, 6.45) is 7.05. The second kappa shape index (κ2) is 6.10. The molecule has 0 fully saturated rings. The number of nitrogen functional groups attached to an aromatic ring is 1. The van der Waals surface area contributed by atoms with Gasteiger partial charge in [0.05, 0.1) is 17.4 Å². The zero-order valence-corrected chi connectivity index (χ0v) is 11.2. The number of hydrogen-bond acceptors (Lipinski definition) is 3. The van der Waals surface area contributed by atoms with Crippen LogP contribution in [0.5, 0.6) is 0 Å². The third-order valence-electron chi connectivity index (χ3n) is 2.77. The molecule has 1 amide bonds. The monoisotopic (exact) mass is 248 g/mol. The first-order valence-electron chi connectivity index (χ1n) is 6.14. The molecule has 1 atom stereocenters. The van der Waals surface area contributed by atoms with Gasteiger partial charge in [-0.1, -0.05) is 19.3 Å². The van der Waals surface area contributed by atoms with E-state index >= 15 is 0 Å². The van der Waals surface area contributed by atoms with Crippen LogP contribution in [0, 0.1) is 19.3 Å². The van der Waals surface area contributed by atoms with E-state index in [0.29, 0.717) is 23.6 Å². The van der Waals surface area contributed by atoms with Gasteiger partial charge in [-0.05, 0) is 20.3 Å². The van der Waals surface area contributed by atoms with Gasteiger partial charge in [-0.2, -0.15) is 5.10 Å². The minimum atomic E-state index is -0.262. The molecule has 98 valence electrons. The maximum Gasteiger partial charge on any atom is 0.272 e. The molecule has 0 radical (unpaired) electrons. The minimum absolute atomic E-state index is 0.258. The largest absolute Gasteiger partial charge is 0.395 e. The summed E-state index contributed by atoms with van der Waals surface area (Å²) in [6.45, 7) is 6.30. The van der Waals surface area contributed by atoms with Crippen molar-refractivity contribution in [1.29, 1.82) is 0 Å². The zero-order valence-electron chi connectivity index (χ0n) is 11.2. The van der Waals surface area contributed by atoms with E-state index in [-0.39, 0.29) is 11.9 Å². The number of anilines is 1. The van der Waals surface area contributed by atoms with Crippen LogP contribution in [0.3, 0.4) is 0 Å². The normalized spacial score (nSPS) is 11.9. The number of nitrogens with two attached hydrogens (primary N) is 1. The highest BCUT2D eigenvalue weighted by atomic mass is 16.2. The standard InChI is InChI=1S/C13H20N4O/c1-5-8-10(6-2)15-13(18)12-11(14)9(4)16-17(12)7-3/h2,10H,5,7-8,14H2,1,3-4H3,(H,15,18). The summed E-state index contributed by atoms with van der Waals surface area (Å²) >= 11 is 0. The van der Waals surface area contributed by atoms with Crippen molar-refractivity contribution in [2.45, 2.75) is 46.2 Å². The van der Waals surface area contributed by atoms with Crippen molar-refractivity contribution in [2.75, 3.05) is 5.73 Å². The Morgan fingerprint density at radius 1 is 1.61 bits per heavy atom. The maximum absolute atomic E-state index is 12.2. The molecule has 1 heterocycles. The number of rotatable bonds is 5. The van der Waals surface area contributed by atoms with E-state index in [2.05, 4.69) is 16.3 Å². The van der Waals surface area contributed by atoms with Crippen molar-refractivity contribution < 1.29 is 4.79 Å². The zero-order chi connectivity index (χ0) is 13.7. The first kappa shape index (κ1) is 14.1. The Hall–Kier alpha value is -1.96. The number of carbonyl (C=O) groups is 1. The molecule has 5 nitrogen and oxygen atoms in total. The fourth-order valence-corrected chi connectivity index (χ4v) is 1.78. The van der Waals surface area contributed by atoms with E-state index in [1.165, 1.54) is 0 Å². The van der Waals surface area contributed by atoms with Gasteiger partial charge in [0.15, 0.2) is 0 Å². The predicted molar refractivity (Wildman–Crippen MR) is 72.0 cm³/mol. The lowest BCUT2D eigenvalue weighted by Gasteiger charge is -2.13. The van der Waals surface area contributed by atoms with Crippen molar-refractivity contribution in [3.05, 3.63) is 11.4 Å². The van der Waals surface area contributed by atoms with Gasteiger partial charge in [0, 0.05) is 6.54 Å². The quantitative estimate of drug-likeness (QED) is 0.772. The Labute approximate surface area is 108 Å². The molecular weight excluding hydrogens is 228 g/mol. The van der Waals surface area contributed by atoms with Crippen LogP contribution in [-0.4, -0.2) is 21.7 Å². The van der Waals surface area contributed by atoms with Gasteiger partial charge >= 0.3 is 0 Å². The lowest BCUT2D eigenvalue weighted by molar-refractivity contribution is 0.0934. The van der Waals surface area contributed by atoms with E-state index in [4.69, 9.17) is 12.2 Å². The van der Waals surface area contributed by atoms with Gasteiger partial charge in [-0.25, -0.2) is 0 Å². The summed E-state index contributed by atoms with van der Waals surface area (Å²) < 4.78 is 1.60. The van der Waals surface area contributed by atoms with Crippen LogP contribution in [0.2, 0.25) is 0 Å². The van der Waals surface area contributed by atoms with Gasteiger partial charge in [0.25, 0.3) is 5.91 Å². The molecule has 0 aliphatic heterocycles. The van der Waals surface area contributed by atoms with E-state index in [1.807, 2.05) is 13.8 Å². The second-order valence-electron chi connectivity index (χ2n) is 4.14. The predicted octanol–water partition coefficient (Wildman–Crippen LogP) is 1.33. The molecule has 1 unspecified atom stereocenters. The van der Waals surface area contributed by atoms with Gasteiger partial charge in [-0.15, -0.1) is 6.42 Å². The molecule has 0 saturated heterocycles. The molecule has 1 aromatic rings. The third-order valence-corrected chi connectivity index (χ3v) is 2.77. The third kappa shape index (κ3) is 2.83. The van der Waals surface area contributed by atoms with Gasteiger partial charge in [-0.3, -0.25) is 9.48 Å². The smallest absolute Gasteiger partial charge is 0.272 e. The summed E-state index contributed by atoms with van der Waals surface area (Å²) in [6, 6.07) is -0.262. The van der Waals surface area contributed by atoms with Crippen molar-refractivity contribution in [3.8, 4) is 12.3 Å². The number of hydrogen-bond donors (Lipinski definition) is 2. The molecule has 0 aromatic carbocycles. The summed E-state index contributed by atoms with van der Waals surface area (Å²) in [5, 5.41) is 7.00. The SMILES string of the molecule is C#CC(CCC)NC(=O)c1c(N)c(C)nn1CC. The minimum Gasteiger partial charge on any atom is -0.395 e. The highest BCUT2D eigenvalue weighted by Crippen LogP contribution is 2.16. The first-order chi connectivity index (χ1) is 8.54. The second-order valence-corrected chi connectivity index (χ2v) is 4.14. The number of nitrogens with zero attached hydrogens (tertiary/aromatic N) is 2. The van der Waals surface area contributed by atoms with E-state index in [9.17, 15) is 4.79 Å². The van der Waals surface area contributed by atoms with Crippen molar-refractivity contribution >= 4 is 11.6 Å². The molecule has 1 aromatic heterocycles. The number of aromatic nitrogens is 2. The topological polar surface area (TPSA) is 72.9 Å². The van der Waals surface area contributed by atoms with E-state index in [0.717, 1.165) is 12.8 Å². The molecule has 0 saturated carbocycles. The van der Waals surface area contributed by atoms with Crippen LogP contribution in [0.1, 0.15) is 42.9 Å². The number of nitrogens with one attached hydrogen (secondary N) is 1. The Morgan fingerprint density at radius 2 is 2.28 bits per heavy atom. The fraction of sp³-hybridized carbons (Fsp3) is 0.538. The van der Waals surface area contributed by atoms with Gasteiger partial charge < -0.3 is 11.1 Å². The molecule has 1 rings (SSSR count). The number of aryl methyl sites for hydroxylation is 2. The summed E-state index contributed by atoms with van der Waals surface area (Å²) in [4.78, 5) is 12.2. The lowest BCUT2D eigenvalue weighted by atomic mass is 10.1. The fourth-order valence-electron chi connectivity index (χ4n) is 1.78. The molecular formula is C13H20N4O. The van der Waals surface area contributed by atoms with Crippen molar-refractivity contribution in [2.24, 2.45) is 0 Å². The number of terminal acetylenes is 1. The number of amides is 1. The Kier molecular flexibility index (Phi) is 4.78. The van der Waals surface area contributed by atoms with Crippen LogP contribution < -0.4 is 11.1 Å². The molecule has 18 heavy (non-hydrogen) atoms. The summed E-state index contributed by atoms with van der Waals surface area (Å²) in [5.41, 5.74) is 7.35. The van der Waals surface area contributed by atoms with Gasteiger partial charge in [0.1, 0.15) is 5.69 Å². The Bertz CT molecular complexity index is 470. The van der Waals surface area contributed by atoms with Crippen LogP contribution in [0.4, 0.5) is 5.69 Å². The highest BCUT2D eigenvalue weighted by molar-refractivity contribution is 5.98. The summed E-state index contributed by atoms with van der Waals surface area (Å²) in [7, 11) is 0. The molecule has 0 bridgehead atoms. The van der Waals surface area contributed by atoms with Crippen LogP contribution in [0.25, 0.3) is 0 Å². The van der Waals surface area contributed by atoms with E-state index < -0.39 is 0 Å². The maximum atomic E-state index is 12.2. The van der Waals surface area contributed by atoms with Crippen LogP contribution >= 0.6 is 0 Å². The molecule has 0 spiro atoms. The Morgan fingerprint density at radius 3 is 2.78 bits per heavy atom. The van der Waals surface area contributed by atoms with E-state index in [1.54, 1.807) is 11.6 Å². The van der Waals surface area contributed by atoms with Crippen LogP contribution in [-0.2, 0) is 6.54 Å². The van der Waals surface area contributed by atoms with Crippen molar-refractivity contribution in [1.82, 2.24) is 15.1 Å². The highest BCUT2D eigenvalue weighted by Gasteiger charge is 2.20. The average molecular weight is 248 g/mol. The molecule has 5 heteroatoms. The van der Waals surface area contributed by atoms with Crippen LogP contribution in [0.15, 0.2) is 0 Å². The number of carbonyl (C=O) groups excluding carboxylic acids is 1. The first-order valence-corrected chi connectivity index (χ1v) is 6.14. The van der Waals surface area contributed by atoms with Gasteiger partial charge in [0.2, 0.25) is 0 Å². The Balaban J connectivity index is 2.94. The molecule has 3 N–H and O–H groups in total. The molecule has 0 aliphatic rings. The summed E-state index contributed by atoms with van der Waals surface area (Å²) in [5.74, 6) is 2.31. The molecule has 0 aliphatic carbocycles. The average Bonchev–Trinajstić information content (AvgIpc) is 2.64. The lowest BCUT2D eigenvalue weighted by Crippen LogP contribution is -2.35.